The van der Waals surface area contributed by atoms with Crippen LogP contribution in [0.4, 0.5) is 0 Å². The number of aliphatic hydroxyl groups is 1. The number of carbonyl (C=O) groups excluding carboxylic acids is 1. The standard InChI is InChI=1S/C16H16O5S.Na/c17-15(16(18)22(19,20)21)14-10-8-13(9-11-14)7-6-12-4-2-1-3-5-12;/h1-5,8-11,16,18H,6-7H2,(H,19,20,21);/q;+1/p-1. The van der Waals surface area contributed by atoms with Crippen LogP contribution in [0, 0.1) is 0 Å². The predicted molar refractivity (Wildman–Crippen MR) is 80.3 cm³/mol. The zero-order chi connectivity index (χ0) is 16.2. The molecule has 0 fully saturated rings. The second-order valence-corrected chi connectivity index (χ2v) is 6.32. The number of aryl methyl sites for hydroxylation is 2. The van der Waals surface area contributed by atoms with Crippen molar-refractivity contribution in [2.24, 2.45) is 0 Å². The summed E-state index contributed by atoms with van der Waals surface area (Å²) >= 11 is 0. The molecule has 2 rings (SSSR count). The Morgan fingerprint density at radius 2 is 1.43 bits per heavy atom. The quantitative estimate of drug-likeness (QED) is 0.393. The van der Waals surface area contributed by atoms with Crippen molar-refractivity contribution in [2.75, 3.05) is 0 Å². The van der Waals surface area contributed by atoms with E-state index in [1.807, 2.05) is 30.3 Å². The molecule has 0 amide bonds. The first kappa shape index (κ1) is 20.0. The third kappa shape index (κ3) is 5.84. The number of ketones is 1. The van der Waals surface area contributed by atoms with Gasteiger partial charge in [0.1, 0.15) is 10.1 Å². The Bertz CT molecular complexity index is 742. The number of Topliss-reactive ketones (excluding diaryl/α,β-unsaturated/α-hetero) is 1. The van der Waals surface area contributed by atoms with Gasteiger partial charge in [-0.05, 0) is 24.0 Å². The second kappa shape index (κ2) is 8.73. The van der Waals surface area contributed by atoms with Gasteiger partial charge >= 0.3 is 29.6 Å². The van der Waals surface area contributed by atoms with Gasteiger partial charge in [0.25, 0.3) is 0 Å². The summed E-state index contributed by atoms with van der Waals surface area (Å²) in [5.74, 6) is -1.11. The predicted octanol–water partition coefficient (Wildman–Crippen LogP) is -1.48. The summed E-state index contributed by atoms with van der Waals surface area (Å²) in [5.41, 5.74) is -0.395. The molecule has 7 heteroatoms. The zero-order valence-corrected chi connectivity index (χ0v) is 15.5. The van der Waals surface area contributed by atoms with Gasteiger partial charge in [-0.15, -0.1) is 0 Å². The third-order valence-corrected chi connectivity index (χ3v) is 4.04. The van der Waals surface area contributed by atoms with Crippen LogP contribution in [-0.2, 0) is 23.0 Å². The zero-order valence-electron chi connectivity index (χ0n) is 12.7. The van der Waals surface area contributed by atoms with Crippen molar-refractivity contribution in [2.45, 2.75) is 18.3 Å². The first-order valence-electron chi connectivity index (χ1n) is 6.68. The van der Waals surface area contributed by atoms with E-state index in [1.54, 1.807) is 12.1 Å². The van der Waals surface area contributed by atoms with Crippen LogP contribution in [0.5, 0.6) is 0 Å². The Morgan fingerprint density at radius 3 is 1.91 bits per heavy atom. The molecule has 0 aromatic heterocycles. The van der Waals surface area contributed by atoms with Gasteiger partial charge < -0.3 is 9.66 Å². The molecule has 116 valence electrons. The SMILES string of the molecule is O=C(c1ccc(CCc2ccccc2)cc1)C(O)S(=O)(=O)[O-].[Na+]. The monoisotopic (exact) mass is 342 g/mol. The van der Waals surface area contributed by atoms with Gasteiger partial charge in [0.2, 0.25) is 11.2 Å². The van der Waals surface area contributed by atoms with Crippen molar-refractivity contribution in [3.63, 3.8) is 0 Å². The summed E-state index contributed by atoms with van der Waals surface area (Å²) < 4.78 is 31.9. The summed E-state index contributed by atoms with van der Waals surface area (Å²) in [7, 11) is -5.05. The molecule has 23 heavy (non-hydrogen) atoms. The molecule has 0 aliphatic carbocycles. The fraction of sp³-hybridized carbons (Fsp3) is 0.188. The van der Waals surface area contributed by atoms with E-state index in [0.29, 0.717) is 0 Å². The van der Waals surface area contributed by atoms with Crippen LogP contribution in [0.3, 0.4) is 0 Å². The maximum atomic E-state index is 11.7. The minimum absolute atomic E-state index is 0. The van der Waals surface area contributed by atoms with Crippen LogP contribution >= 0.6 is 0 Å². The molecule has 0 radical (unpaired) electrons. The molecule has 1 atom stereocenters. The Morgan fingerprint density at radius 1 is 0.957 bits per heavy atom. The van der Waals surface area contributed by atoms with E-state index in [2.05, 4.69) is 0 Å². The van der Waals surface area contributed by atoms with Gasteiger partial charge in [0.05, 0.1) is 0 Å². The van der Waals surface area contributed by atoms with Gasteiger partial charge in [-0.3, -0.25) is 4.79 Å². The minimum atomic E-state index is -5.05. The first-order valence-corrected chi connectivity index (χ1v) is 8.15. The largest absolute Gasteiger partial charge is 1.00 e. The molecule has 0 saturated carbocycles. The van der Waals surface area contributed by atoms with E-state index in [-0.39, 0.29) is 35.1 Å². The smallest absolute Gasteiger partial charge is 0.746 e. The van der Waals surface area contributed by atoms with Crippen molar-refractivity contribution < 1.29 is 52.4 Å². The second-order valence-electron chi connectivity index (χ2n) is 4.89. The van der Waals surface area contributed by atoms with Crippen molar-refractivity contribution in [3.05, 3.63) is 71.3 Å². The fourth-order valence-electron chi connectivity index (χ4n) is 2.04. The molecular formula is C16H15NaO5S. The van der Waals surface area contributed by atoms with Crippen LogP contribution in [0.25, 0.3) is 0 Å². The van der Waals surface area contributed by atoms with Gasteiger partial charge in [-0.2, -0.15) is 0 Å². The van der Waals surface area contributed by atoms with Crippen LogP contribution < -0.4 is 29.6 Å². The van der Waals surface area contributed by atoms with Crippen LogP contribution in [-0.4, -0.2) is 29.3 Å². The molecule has 0 spiro atoms. The molecule has 2 aromatic carbocycles. The molecule has 0 saturated heterocycles. The molecule has 2 aromatic rings. The van der Waals surface area contributed by atoms with Crippen molar-refractivity contribution in [1.29, 1.82) is 0 Å². The fourth-order valence-corrected chi connectivity index (χ4v) is 2.44. The third-order valence-electron chi connectivity index (χ3n) is 3.28. The van der Waals surface area contributed by atoms with Crippen molar-refractivity contribution in [1.82, 2.24) is 0 Å². The molecule has 5 nitrogen and oxygen atoms in total. The van der Waals surface area contributed by atoms with Crippen molar-refractivity contribution in [3.8, 4) is 0 Å². The number of aliphatic hydroxyl groups excluding tert-OH is 1. The molecular weight excluding hydrogens is 327 g/mol. The average Bonchev–Trinajstić information content (AvgIpc) is 2.52. The Hall–Kier alpha value is -1.02. The summed E-state index contributed by atoms with van der Waals surface area (Å²) in [6.07, 6.45) is 1.60. The van der Waals surface area contributed by atoms with E-state index < -0.39 is 21.3 Å². The maximum Gasteiger partial charge on any atom is 1.00 e. The van der Waals surface area contributed by atoms with Gasteiger partial charge in [0, 0.05) is 5.56 Å². The summed E-state index contributed by atoms with van der Waals surface area (Å²) in [4.78, 5) is 11.7. The van der Waals surface area contributed by atoms with Crippen LogP contribution in [0.15, 0.2) is 54.6 Å². The first-order chi connectivity index (χ1) is 10.4. The van der Waals surface area contributed by atoms with Crippen LogP contribution in [0.1, 0.15) is 21.5 Å². The number of benzene rings is 2. The molecule has 0 aliphatic rings. The summed E-state index contributed by atoms with van der Waals surface area (Å²) in [6.45, 7) is 0. The van der Waals surface area contributed by atoms with Gasteiger partial charge in [-0.1, -0.05) is 54.6 Å². The van der Waals surface area contributed by atoms with E-state index in [1.165, 1.54) is 17.7 Å². The average molecular weight is 342 g/mol. The topological polar surface area (TPSA) is 94.5 Å². The summed E-state index contributed by atoms with van der Waals surface area (Å²) in [5, 5.41) is 9.18. The van der Waals surface area contributed by atoms with E-state index in [0.717, 1.165) is 18.4 Å². The molecule has 0 aliphatic heterocycles. The Balaban J connectivity index is 0.00000264. The summed E-state index contributed by atoms with van der Waals surface area (Å²) in [6, 6.07) is 16.1. The minimum Gasteiger partial charge on any atom is -0.746 e. The molecule has 0 heterocycles. The molecule has 1 N–H and O–H groups in total. The normalized spacial score (nSPS) is 12.3. The van der Waals surface area contributed by atoms with Crippen molar-refractivity contribution >= 4 is 15.9 Å². The Labute approximate surface area is 157 Å². The van der Waals surface area contributed by atoms with E-state index >= 15 is 0 Å². The van der Waals surface area contributed by atoms with E-state index in [9.17, 15) is 22.9 Å². The van der Waals surface area contributed by atoms with Gasteiger partial charge in [-0.25, -0.2) is 8.42 Å². The van der Waals surface area contributed by atoms with E-state index in [4.69, 9.17) is 0 Å². The number of rotatable bonds is 6. The molecule has 1 unspecified atom stereocenters. The number of hydrogen-bond acceptors (Lipinski definition) is 5. The van der Waals surface area contributed by atoms with Gasteiger partial charge in [0.15, 0.2) is 0 Å². The molecule has 0 bridgehead atoms. The Kier molecular flexibility index (Phi) is 7.60. The maximum absolute atomic E-state index is 11.7. The number of hydrogen-bond donors (Lipinski definition) is 1. The van der Waals surface area contributed by atoms with Crippen LogP contribution in [0.2, 0.25) is 0 Å². The number of carbonyl (C=O) groups is 1.